The zero-order chi connectivity index (χ0) is 8.97. The van der Waals surface area contributed by atoms with Gasteiger partial charge in [0.15, 0.2) is 0 Å². The van der Waals surface area contributed by atoms with Gasteiger partial charge in [0.2, 0.25) is 0 Å². The van der Waals surface area contributed by atoms with E-state index in [1.54, 1.807) is 0 Å². The van der Waals surface area contributed by atoms with Gasteiger partial charge in [0.05, 0.1) is 6.10 Å². The summed E-state index contributed by atoms with van der Waals surface area (Å²) in [5.74, 6) is 0. The van der Waals surface area contributed by atoms with Gasteiger partial charge >= 0.3 is 0 Å². The van der Waals surface area contributed by atoms with E-state index in [1.807, 2.05) is 44.3 Å². The summed E-state index contributed by atoms with van der Waals surface area (Å²) in [6, 6.07) is 9.76. The molecule has 0 aliphatic carbocycles. The molecule has 0 spiro atoms. The Morgan fingerprint density at radius 2 is 1.77 bits per heavy atom. The fourth-order valence-electron chi connectivity index (χ4n) is 1.10. The molecule has 2 atom stereocenters. The minimum absolute atomic E-state index is 0. The molecule has 0 saturated carbocycles. The Labute approximate surface area is 98.1 Å². The molecule has 0 radical (unpaired) electrons. The number of hydrogen-bond acceptors (Lipinski definition) is 2. The largest absolute Gasteiger partial charge is 0.387 e. The third kappa shape index (κ3) is 3.71. The predicted octanol–water partition coefficient (Wildman–Crippen LogP) is 1.33. The molecular formula is C10H15HfNO. The first-order valence-corrected chi connectivity index (χ1v) is 4.16. The topological polar surface area (TPSA) is 32.3 Å². The number of benzene rings is 1. The minimum atomic E-state index is -0.420. The van der Waals surface area contributed by atoms with Crippen LogP contribution in [0.5, 0.6) is 0 Å². The summed E-state index contributed by atoms with van der Waals surface area (Å²) in [6.07, 6.45) is -0.420. The Morgan fingerprint density at radius 3 is 2.23 bits per heavy atom. The maximum Gasteiger partial charge on any atom is 0.0940 e. The molecule has 13 heavy (non-hydrogen) atoms. The van der Waals surface area contributed by atoms with Crippen molar-refractivity contribution in [2.75, 3.05) is 7.05 Å². The fourth-order valence-corrected chi connectivity index (χ4v) is 1.10. The Balaban J connectivity index is 0.00000144. The van der Waals surface area contributed by atoms with Crippen molar-refractivity contribution in [3.8, 4) is 0 Å². The number of aliphatic hydroxyl groups excluding tert-OH is 1. The summed E-state index contributed by atoms with van der Waals surface area (Å²) >= 11 is 0. The van der Waals surface area contributed by atoms with Crippen LogP contribution in [0.2, 0.25) is 0 Å². The van der Waals surface area contributed by atoms with Gasteiger partial charge in [-0.3, -0.25) is 0 Å². The monoisotopic (exact) mass is 345 g/mol. The third-order valence-electron chi connectivity index (χ3n) is 2.07. The predicted molar refractivity (Wildman–Crippen MR) is 49.9 cm³/mol. The quantitative estimate of drug-likeness (QED) is 0.812. The van der Waals surface area contributed by atoms with Crippen LogP contribution >= 0.6 is 0 Å². The van der Waals surface area contributed by atoms with Gasteiger partial charge in [-0.05, 0) is 19.5 Å². The molecule has 2 N–H and O–H groups in total. The van der Waals surface area contributed by atoms with E-state index in [1.165, 1.54) is 0 Å². The second-order valence-electron chi connectivity index (χ2n) is 2.93. The minimum Gasteiger partial charge on any atom is -0.387 e. The molecule has 0 heterocycles. The van der Waals surface area contributed by atoms with Crippen LogP contribution in [-0.2, 0) is 25.8 Å². The molecule has 3 heteroatoms. The van der Waals surface area contributed by atoms with Crippen LogP contribution in [0.1, 0.15) is 18.6 Å². The molecule has 0 aromatic heterocycles. The first-order chi connectivity index (χ1) is 5.75. The molecule has 0 unspecified atom stereocenters. The van der Waals surface area contributed by atoms with Crippen LogP contribution < -0.4 is 5.32 Å². The van der Waals surface area contributed by atoms with E-state index >= 15 is 0 Å². The molecule has 0 aliphatic heterocycles. The summed E-state index contributed by atoms with van der Waals surface area (Å²) in [6.45, 7) is 1.96. The van der Waals surface area contributed by atoms with Gasteiger partial charge in [-0.15, -0.1) is 0 Å². The van der Waals surface area contributed by atoms with E-state index in [2.05, 4.69) is 5.32 Å². The first-order valence-electron chi connectivity index (χ1n) is 4.16. The van der Waals surface area contributed by atoms with E-state index in [0.717, 1.165) is 5.56 Å². The molecule has 70 valence electrons. The van der Waals surface area contributed by atoms with E-state index in [-0.39, 0.29) is 31.9 Å². The van der Waals surface area contributed by atoms with Crippen molar-refractivity contribution in [2.45, 2.75) is 19.1 Å². The Hall–Kier alpha value is 0.0101. The number of nitrogens with one attached hydrogen (secondary N) is 1. The van der Waals surface area contributed by atoms with Crippen molar-refractivity contribution in [3.05, 3.63) is 35.9 Å². The first kappa shape index (κ1) is 13.0. The summed E-state index contributed by atoms with van der Waals surface area (Å²) < 4.78 is 0. The standard InChI is InChI=1S/C10H15NO.Hf/c1-8(11-2)10(12)9-6-4-3-5-7-9;/h3-8,10-12H,1-2H3;/t8-,10+;/m0./s1. The van der Waals surface area contributed by atoms with E-state index < -0.39 is 6.10 Å². The van der Waals surface area contributed by atoms with Crippen molar-refractivity contribution in [1.29, 1.82) is 0 Å². The van der Waals surface area contributed by atoms with Crippen molar-refractivity contribution in [1.82, 2.24) is 5.32 Å². The third-order valence-corrected chi connectivity index (χ3v) is 2.07. The van der Waals surface area contributed by atoms with Gasteiger partial charge in [-0.2, -0.15) is 0 Å². The zero-order valence-electron chi connectivity index (χ0n) is 7.99. The molecule has 0 aliphatic rings. The van der Waals surface area contributed by atoms with E-state index in [0.29, 0.717) is 0 Å². The second-order valence-corrected chi connectivity index (χ2v) is 2.93. The van der Waals surface area contributed by atoms with Crippen molar-refractivity contribution in [3.63, 3.8) is 0 Å². The normalized spacial score (nSPS) is 14.4. The van der Waals surface area contributed by atoms with Crippen molar-refractivity contribution in [2.24, 2.45) is 0 Å². The fraction of sp³-hybridized carbons (Fsp3) is 0.400. The van der Waals surface area contributed by atoms with Crippen molar-refractivity contribution < 1.29 is 30.9 Å². The summed E-state index contributed by atoms with van der Waals surface area (Å²) in [7, 11) is 1.84. The zero-order valence-corrected chi connectivity index (χ0v) is 11.6. The maximum absolute atomic E-state index is 9.73. The summed E-state index contributed by atoms with van der Waals surface area (Å²) in [5.41, 5.74) is 0.958. The number of aliphatic hydroxyl groups is 1. The van der Waals surface area contributed by atoms with Crippen molar-refractivity contribution >= 4 is 0 Å². The summed E-state index contributed by atoms with van der Waals surface area (Å²) in [4.78, 5) is 0. The van der Waals surface area contributed by atoms with Gasteiger partial charge in [-0.1, -0.05) is 30.3 Å². The molecule has 1 aromatic carbocycles. The molecular weight excluding hydrogens is 329 g/mol. The van der Waals surface area contributed by atoms with Crippen LogP contribution in [0.15, 0.2) is 30.3 Å². The SMILES string of the molecule is CN[C@@H](C)[C@@H](O)c1ccccc1.[Hf]. The molecule has 0 fully saturated rings. The Morgan fingerprint density at radius 1 is 1.23 bits per heavy atom. The average Bonchev–Trinajstić information content (AvgIpc) is 2.17. The van der Waals surface area contributed by atoms with Gasteiger partial charge in [0, 0.05) is 31.9 Å². The van der Waals surface area contributed by atoms with Gasteiger partial charge in [0.1, 0.15) is 0 Å². The maximum atomic E-state index is 9.73. The van der Waals surface area contributed by atoms with Crippen LogP contribution in [0.3, 0.4) is 0 Å². The molecule has 1 rings (SSSR count). The average molecular weight is 344 g/mol. The van der Waals surface area contributed by atoms with Gasteiger partial charge in [-0.25, -0.2) is 0 Å². The van der Waals surface area contributed by atoms with E-state index in [4.69, 9.17) is 0 Å². The van der Waals surface area contributed by atoms with Crippen LogP contribution in [0.25, 0.3) is 0 Å². The molecule has 0 bridgehead atoms. The van der Waals surface area contributed by atoms with Crippen LogP contribution in [0.4, 0.5) is 0 Å². The number of rotatable bonds is 3. The molecule has 2 nitrogen and oxygen atoms in total. The Kier molecular flexibility index (Phi) is 6.47. The molecule has 0 amide bonds. The van der Waals surface area contributed by atoms with E-state index in [9.17, 15) is 5.11 Å². The van der Waals surface area contributed by atoms with Crippen LogP contribution in [-0.4, -0.2) is 18.2 Å². The molecule has 0 saturated heterocycles. The van der Waals surface area contributed by atoms with Gasteiger partial charge in [0.25, 0.3) is 0 Å². The number of hydrogen-bond donors (Lipinski definition) is 2. The smallest absolute Gasteiger partial charge is 0.0940 e. The Bertz CT molecular complexity index is 228. The van der Waals surface area contributed by atoms with Crippen LogP contribution in [0, 0.1) is 0 Å². The summed E-state index contributed by atoms with van der Waals surface area (Å²) in [5, 5.41) is 12.7. The second kappa shape index (κ2) is 6.46. The van der Waals surface area contributed by atoms with Gasteiger partial charge < -0.3 is 10.4 Å². The number of likely N-dealkylation sites (N-methyl/N-ethyl adjacent to an activating group) is 1. The molecule has 1 aromatic rings.